The quantitative estimate of drug-likeness (QED) is 0.252. The number of benzene rings is 2. The van der Waals surface area contributed by atoms with Crippen molar-refractivity contribution in [3.63, 3.8) is 0 Å². The number of aryl methyl sites for hydroxylation is 2. The molecule has 9 heteroatoms. The van der Waals surface area contributed by atoms with E-state index in [1.54, 1.807) is 29.1 Å². The van der Waals surface area contributed by atoms with Crippen LogP contribution in [-0.4, -0.2) is 39.9 Å². The predicted octanol–water partition coefficient (Wildman–Crippen LogP) is 6.43. The first-order chi connectivity index (χ1) is 19.7. The third kappa shape index (κ3) is 4.16. The van der Waals surface area contributed by atoms with E-state index in [-0.39, 0.29) is 25.0 Å². The third-order valence-electron chi connectivity index (χ3n) is 8.46. The Labute approximate surface area is 247 Å². The van der Waals surface area contributed by atoms with E-state index in [1.165, 1.54) is 4.90 Å². The van der Waals surface area contributed by atoms with Gasteiger partial charge in [0.15, 0.2) is 0 Å². The SMILES string of the molecule is C=CC1=CCC2C(=O)N(c3cc(-c4sc5ccc(Cl)cc5c4C)nn3C)C(=O)C2(C)C1c1ccccc1OCCO. The first-order valence-corrected chi connectivity index (χ1v) is 14.7. The summed E-state index contributed by atoms with van der Waals surface area (Å²) in [5.41, 5.74) is 2.32. The number of rotatable bonds is 7. The van der Waals surface area contributed by atoms with Gasteiger partial charge in [-0.05, 0) is 61.1 Å². The number of nitrogens with zero attached hydrogens (tertiary/aromatic N) is 3. The number of aliphatic hydroxyl groups is 1. The number of anilines is 1. The molecule has 2 aliphatic rings. The number of allylic oxidation sites excluding steroid dienone is 3. The fourth-order valence-electron chi connectivity index (χ4n) is 6.43. The van der Waals surface area contributed by atoms with E-state index >= 15 is 0 Å². The lowest BCUT2D eigenvalue weighted by Gasteiger charge is -2.40. The Kier molecular flexibility index (Phi) is 6.88. The average Bonchev–Trinajstić information content (AvgIpc) is 3.56. The molecule has 1 N–H and O–H groups in total. The minimum Gasteiger partial charge on any atom is -0.491 e. The van der Waals surface area contributed by atoms with Gasteiger partial charge in [-0.2, -0.15) is 5.10 Å². The van der Waals surface area contributed by atoms with Crippen LogP contribution >= 0.6 is 22.9 Å². The zero-order valence-corrected chi connectivity index (χ0v) is 24.6. The van der Waals surface area contributed by atoms with Crippen LogP contribution in [0.5, 0.6) is 5.75 Å². The third-order valence-corrected chi connectivity index (χ3v) is 9.99. The highest BCUT2D eigenvalue weighted by molar-refractivity contribution is 7.22. The van der Waals surface area contributed by atoms with Crippen molar-refractivity contribution in [2.45, 2.75) is 26.2 Å². The number of hydrogen-bond donors (Lipinski definition) is 1. The van der Waals surface area contributed by atoms with Crippen molar-refractivity contribution < 1.29 is 19.4 Å². The molecule has 1 aliphatic heterocycles. The van der Waals surface area contributed by atoms with Gasteiger partial charge in [0.25, 0.3) is 0 Å². The van der Waals surface area contributed by atoms with E-state index in [1.807, 2.05) is 68.5 Å². The second-order valence-corrected chi connectivity index (χ2v) is 12.2. The van der Waals surface area contributed by atoms with Gasteiger partial charge in [0.2, 0.25) is 11.8 Å². The zero-order valence-electron chi connectivity index (χ0n) is 23.1. The number of ether oxygens (including phenoxy) is 1. The number of thiophene rings is 1. The van der Waals surface area contributed by atoms with Crippen molar-refractivity contribution in [3.8, 4) is 16.3 Å². The van der Waals surface area contributed by atoms with E-state index in [0.717, 1.165) is 31.7 Å². The first-order valence-electron chi connectivity index (χ1n) is 13.5. The van der Waals surface area contributed by atoms with E-state index in [4.69, 9.17) is 21.4 Å². The number of carbonyl (C=O) groups excluding carboxylic acids is 2. The number of amides is 2. The molecular formula is C32H30ClN3O4S. The summed E-state index contributed by atoms with van der Waals surface area (Å²) in [6.45, 7) is 7.91. The van der Waals surface area contributed by atoms with Crippen molar-refractivity contribution in [1.82, 2.24) is 9.78 Å². The highest BCUT2D eigenvalue weighted by Gasteiger charge is 2.63. The van der Waals surface area contributed by atoms with Gasteiger partial charge >= 0.3 is 0 Å². The summed E-state index contributed by atoms with van der Waals surface area (Å²) in [7, 11) is 1.76. The van der Waals surface area contributed by atoms with Gasteiger partial charge in [0.1, 0.15) is 23.9 Å². The maximum atomic E-state index is 14.5. The van der Waals surface area contributed by atoms with Crippen LogP contribution in [0.1, 0.15) is 30.4 Å². The van der Waals surface area contributed by atoms with Crippen molar-refractivity contribution in [2.24, 2.45) is 18.4 Å². The number of halogens is 1. The maximum absolute atomic E-state index is 14.5. The minimum absolute atomic E-state index is 0.122. The molecule has 0 bridgehead atoms. The number of aliphatic hydroxyl groups excluding tert-OH is 1. The van der Waals surface area contributed by atoms with Crippen LogP contribution in [0.15, 0.2) is 72.8 Å². The van der Waals surface area contributed by atoms with Gasteiger partial charge in [-0.25, -0.2) is 4.90 Å². The lowest BCUT2D eigenvalue weighted by atomic mass is 9.60. The molecule has 3 heterocycles. The fraction of sp³-hybridized carbons (Fsp3) is 0.281. The predicted molar refractivity (Wildman–Crippen MR) is 163 cm³/mol. The molecule has 0 spiro atoms. The number of fused-ring (bicyclic) bond motifs is 2. The summed E-state index contributed by atoms with van der Waals surface area (Å²) in [4.78, 5) is 30.8. The zero-order chi connectivity index (χ0) is 29.1. The van der Waals surface area contributed by atoms with Crippen LogP contribution < -0.4 is 9.64 Å². The summed E-state index contributed by atoms with van der Waals surface area (Å²) in [6.07, 6.45) is 4.19. The molecule has 41 heavy (non-hydrogen) atoms. The summed E-state index contributed by atoms with van der Waals surface area (Å²) >= 11 is 7.86. The monoisotopic (exact) mass is 587 g/mol. The second kappa shape index (κ2) is 10.3. The smallest absolute Gasteiger partial charge is 0.242 e. The van der Waals surface area contributed by atoms with Crippen LogP contribution in [0, 0.1) is 18.3 Å². The lowest BCUT2D eigenvalue weighted by Crippen LogP contribution is -2.42. The molecule has 0 radical (unpaired) electrons. The standard InChI is InChI=1S/C32H30ClN3O4S/c1-5-19-10-12-23-30(38)36(31(39)32(23,3)28(19)21-8-6-7-9-25(21)40-15-14-37)27-17-24(34-35(27)4)29-18(2)22-16-20(33)11-13-26(22)41-29/h5-11,13,16-17,23,28,37H,1,12,14-15H2,2-4H3. The van der Waals surface area contributed by atoms with Gasteiger partial charge in [0, 0.05) is 34.3 Å². The molecule has 1 fully saturated rings. The molecule has 0 saturated carbocycles. The van der Waals surface area contributed by atoms with E-state index in [2.05, 4.69) is 6.58 Å². The maximum Gasteiger partial charge on any atom is 0.242 e. The normalized spacial score (nSPS) is 22.3. The Morgan fingerprint density at radius 1 is 1.24 bits per heavy atom. The molecular weight excluding hydrogens is 558 g/mol. The molecule has 3 unspecified atom stereocenters. The number of carbonyl (C=O) groups is 2. The van der Waals surface area contributed by atoms with Gasteiger partial charge in [-0.3, -0.25) is 14.3 Å². The Morgan fingerprint density at radius 3 is 2.78 bits per heavy atom. The first kappa shape index (κ1) is 27.4. The van der Waals surface area contributed by atoms with Crippen molar-refractivity contribution >= 4 is 50.7 Å². The molecule has 7 nitrogen and oxygen atoms in total. The number of hydrogen-bond acceptors (Lipinski definition) is 6. The molecule has 6 rings (SSSR count). The lowest BCUT2D eigenvalue weighted by molar-refractivity contribution is -0.127. The average molecular weight is 588 g/mol. The highest BCUT2D eigenvalue weighted by atomic mass is 35.5. The summed E-state index contributed by atoms with van der Waals surface area (Å²) in [5.74, 6) is -0.549. The number of aromatic nitrogens is 2. The minimum atomic E-state index is -1.08. The van der Waals surface area contributed by atoms with Gasteiger partial charge in [-0.1, -0.05) is 48.5 Å². The topological polar surface area (TPSA) is 84.7 Å². The molecule has 2 aromatic heterocycles. The molecule has 4 aromatic rings. The Balaban J connectivity index is 1.44. The van der Waals surface area contributed by atoms with Gasteiger partial charge in [-0.15, -0.1) is 11.3 Å². The van der Waals surface area contributed by atoms with Gasteiger partial charge < -0.3 is 9.84 Å². The van der Waals surface area contributed by atoms with Crippen LogP contribution in [0.2, 0.25) is 5.02 Å². The summed E-state index contributed by atoms with van der Waals surface area (Å²) < 4.78 is 8.57. The molecule has 2 amide bonds. The number of imide groups is 1. The summed E-state index contributed by atoms with van der Waals surface area (Å²) in [6, 6.07) is 15.1. The van der Waals surface area contributed by atoms with Crippen LogP contribution in [0.3, 0.4) is 0 Å². The largest absolute Gasteiger partial charge is 0.491 e. The van der Waals surface area contributed by atoms with Crippen molar-refractivity contribution in [1.29, 1.82) is 0 Å². The Hall–Kier alpha value is -3.72. The highest BCUT2D eigenvalue weighted by Crippen LogP contribution is 2.58. The molecule has 210 valence electrons. The van der Waals surface area contributed by atoms with E-state index in [0.29, 0.717) is 28.7 Å². The van der Waals surface area contributed by atoms with Crippen LogP contribution in [0.25, 0.3) is 20.7 Å². The molecule has 1 saturated heterocycles. The fourth-order valence-corrected chi connectivity index (χ4v) is 7.75. The number of para-hydroxylation sites is 1. The van der Waals surface area contributed by atoms with E-state index < -0.39 is 17.3 Å². The van der Waals surface area contributed by atoms with Crippen molar-refractivity contribution in [2.75, 3.05) is 18.1 Å². The van der Waals surface area contributed by atoms with Crippen LogP contribution in [0.4, 0.5) is 5.82 Å². The van der Waals surface area contributed by atoms with Crippen molar-refractivity contribution in [3.05, 3.63) is 89.0 Å². The second-order valence-electron chi connectivity index (χ2n) is 10.7. The van der Waals surface area contributed by atoms with Gasteiger partial charge in [0.05, 0.1) is 22.8 Å². The Morgan fingerprint density at radius 2 is 2.02 bits per heavy atom. The van der Waals surface area contributed by atoms with Crippen LogP contribution in [-0.2, 0) is 16.6 Å². The summed E-state index contributed by atoms with van der Waals surface area (Å²) in [5, 5.41) is 15.8. The Bertz CT molecular complexity index is 1750. The molecule has 2 aromatic carbocycles. The molecule has 3 atom stereocenters. The molecule has 1 aliphatic carbocycles. The van der Waals surface area contributed by atoms with E-state index in [9.17, 15) is 14.7 Å².